The van der Waals surface area contributed by atoms with Crippen molar-refractivity contribution in [1.82, 2.24) is 24.1 Å². The quantitative estimate of drug-likeness (QED) is 0.251. The van der Waals surface area contributed by atoms with E-state index >= 15 is 0 Å². The summed E-state index contributed by atoms with van der Waals surface area (Å²) in [6, 6.07) is 10.1. The minimum absolute atomic E-state index is 0.126. The number of benzene rings is 1. The topological polar surface area (TPSA) is 114 Å². The lowest BCUT2D eigenvalue weighted by atomic mass is 10.1. The second-order valence-electron chi connectivity index (χ2n) is 9.35. The van der Waals surface area contributed by atoms with Crippen molar-refractivity contribution in [3.05, 3.63) is 59.0 Å². The van der Waals surface area contributed by atoms with Gasteiger partial charge in [-0.1, -0.05) is 24.6 Å². The molecule has 0 amide bonds. The van der Waals surface area contributed by atoms with Gasteiger partial charge in [0.2, 0.25) is 0 Å². The number of rotatable bonds is 7. The van der Waals surface area contributed by atoms with Crippen LogP contribution in [0.5, 0.6) is 5.75 Å². The number of hydrogen-bond acceptors (Lipinski definition) is 9. The summed E-state index contributed by atoms with van der Waals surface area (Å²) in [5, 5.41) is 15.4. The van der Waals surface area contributed by atoms with E-state index in [9.17, 15) is 13.5 Å². The maximum atomic E-state index is 13.6. The Morgan fingerprint density at radius 3 is 2.47 bits per heavy atom. The molecule has 1 unspecified atom stereocenters. The van der Waals surface area contributed by atoms with Crippen LogP contribution in [-0.4, -0.2) is 77.1 Å². The summed E-state index contributed by atoms with van der Waals surface area (Å²) >= 11 is 3.40. The monoisotopic (exact) mass is 600 g/mol. The summed E-state index contributed by atoms with van der Waals surface area (Å²) in [6.45, 7) is 7.03. The van der Waals surface area contributed by atoms with Crippen molar-refractivity contribution in [3.63, 3.8) is 0 Å². The minimum Gasteiger partial charge on any atom is -0.461 e. The Balaban J connectivity index is 1.65. The molecule has 0 bridgehead atoms. The van der Waals surface area contributed by atoms with Crippen molar-refractivity contribution in [1.29, 1.82) is 0 Å². The number of halogens is 1. The molecule has 10 nitrogen and oxygen atoms in total. The fourth-order valence-corrected chi connectivity index (χ4v) is 5.91. The molecule has 0 radical (unpaired) electrons. The van der Waals surface area contributed by atoms with E-state index in [1.807, 2.05) is 13.8 Å². The fraction of sp³-hybridized carbons (Fsp3) is 0.346. The molecule has 1 aromatic carbocycles. The van der Waals surface area contributed by atoms with Crippen LogP contribution in [0.4, 0.5) is 5.82 Å². The Labute approximate surface area is 230 Å². The number of piperazine rings is 1. The van der Waals surface area contributed by atoms with E-state index in [0.717, 1.165) is 35.8 Å². The van der Waals surface area contributed by atoms with Gasteiger partial charge in [0, 0.05) is 49.7 Å². The predicted octanol–water partition coefficient (Wildman–Crippen LogP) is 3.66. The molecule has 1 aliphatic heterocycles. The maximum Gasteiger partial charge on any atom is 0.283 e. The van der Waals surface area contributed by atoms with Crippen LogP contribution < -0.4 is 9.64 Å². The first-order valence-electron chi connectivity index (χ1n) is 12.3. The van der Waals surface area contributed by atoms with Crippen molar-refractivity contribution in [2.45, 2.75) is 31.5 Å². The Hall–Kier alpha value is -3.06. The van der Waals surface area contributed by atoms with E-state index in [1.165, 1.54) is 6.20 Å². The van der Waals surface area contributed by atoms with Crippen LogP contribution in [0.2, 0.25) is 0 Å². The Morgan fingerprint density at radius 1 is 1.08 bits per heavy atom. The second-order valence-corrected chi connectivity index (χ2v) is 11.9. The van der Waals surface area contributed by atoms with Gasteiger partial charge in [-0.05, 0) is 54.2 Å². The molecule has 3 aromatic heterocycles. The average Bonchev–Trinajstić information content (AvgIpc) is 3.29. The van der Waals surface area contributed by atoms with Crippen molar-refractivity contribution in [2.75, 3.05) is 38.1 Å². The molecule has 0 spiro atoms. The van der Waals surface area contributed by atoms with Crippen LogP contribution in [0.25, 0.3) is 22.2 Å². The van der Waals surface area contributed by atoms with Crippen LogP contribution in [0.1, 0.15) is 18.9 Å². The van der Waals surface area contributed by atoms with E-state index in [2.05, 4.69) is 42.9 Å². The average molecular weight is 602 g/mol. The Kier molecular flexibility index (Phi) is 7.40. The summed E-state index contributed by atoms with van der Waals surface area (Å²) in [4.78, 5) is 13.5. The van der Waals surface area contributed by atoms with Crippen molar-refractivity contribution in [3.8, 4) is 17.0 Å². The Bertz CT molecular complexity index is 1570. The first-order chi connectivity index (χ1) is 18.2. The number of anilines is 1. The first kappa shape index (κ1) is 26.5. The lowest BCUT2D eigenvalue weighted by Gasteiger charge is -2.34. The zero-order valence-electron chi connectivity index (χ0n) is 21.4. The lowest BCUT2D eigenvalue weighted by Crippen LogP contribution is -2.45. The molecule has 1 atom stereocenters. The molecule has 4 heterocycles. The number of ether oxygens (including phenoxy) is 1. The van der Waals surface area contributed by atoms with Crippen LogP contribution in [0.3, 0.4) is 0 Å². The van der Waals surface area contributed by atoms with Gasteiger partial charge in [0.15, 0.2) is 17.9 Å². The highest BCUT2D eigenvalue weighted by Crippen LogP contribution is 2.36. The largest absolute Gasteiger partial charge is 0.461 e. The number of aromatic nitrogens is 4. The SMILES string of the molecule is CCC(O)Oc1cc(-c2nn(S(=O)(=O)c3ccc(C)cc3)c3cnc(Br)cc23)cnc1N1CCN(C)CC1. The molecular weight excluding hydrogens is 572 g/mol. The molecule has 1 aliphatic rings. The smallest absolute Gasteiger partial charge is 0.283 e. The third kappa shape index (κ3) is 5.13. The molecule has 0 aliphatic carbocycles. The second kappa shape index (κ2) is 10.6. The molecule has 1 saturated heterocycles. The van der Waals surface area contributed by atoms with E-state index in [4.69, 9.17) is 9.72 Å². The normalized spacial score (nSPS) is 15.7. The molecular formula is C26H29BrN6O4S. The van der Waals surface area contributed by atoms with Gasteiger partial charge in [0.1, 0.15) is 15.8 Å². The van der Waals surface area contributed by atoms with E-state index in [1.54, 1.807) is 42.6 Å². The molecule has 4 aromatic rings. The van der Waals surface area contributed by atoms with E-state index in [-0.39, 0.29) is 4.90 Å². The molecule has 1 fully saturated rings. The summed E-state index contributed by atoms with van der Waals surface area (Å²) in [7, 11) is -1.93. The number of aryl methyl sites for hydroxylation is 1. The number of nitrogens with zero attached hydrogens (tertiary/aromatic N) is 6. The molecule has 0 saturated carbocycles. The van der Waals surface area contributed by atoms with Crippen molar-refractivity contribution in [2.24, 2.45) is 0 Å². The van der Waals surface area contributed by atoms with Gasteiger partial charge < -0.3 is 19.6 Å². The predicted molar refractivity (Wildman–Crippen MR) is 149 cm³/mol. The van der Waals surface area contributed by atoms with Gasteiger partial charge in [-0.3, -0.25) is 0 Å². The van der Waals surface area contributed by atoms with Crippen LogP contribution >= 0.6 is 15.9 Å². The number of aliphatic hydroxyl groups is 1. The van der Waals surface area contributed by atoms with Crippen LogP contribution in [0.15, 0.2) is 58.3 Å². The van der Waals surface area contributed by atoms with Gasteiger partial charge in [0.05, 0.1) is 11.1 Å². The number of likely N-dealkylation sites (N-methyl/N-ethyl adjacent to an activating group) is 1. The highest BCUT2D eigenvalue weighted by Gasteiger charge is 2.26. The third-order valence-corrected chi connectivity index (χ3v) is 8.60. The highest BCUT2D eigenvalue weighted by molar-refractivity contribution is 9.10. The fourth-order valence-electron chi connectivity index (χ4n) is 4.31. The highest BCUT2D eigenvalue weighted by atomic mass is 79.9. The van der Waals surface area contributed by atoms with Crippen LogP contribution in [-0.2, 0) is 10.0 Å². The molecule has 12 heteroatoms. The number of fused-ring (bicyclic) bond motifs is 1. The molecule has 38 heavy (non-hydrogen) atoms. The summed E-state index contributed by atoms with van der Waals surface area (Å²) in [5.41, 5.74) is 2.26. The molecule has 200 valence electrons. The third-order valence-electron chi connectivity index (χ3n) is 6.57. The summed E-state index contributed by atoms with van der Waals surface area (Å²) < 4.78 is 34.7. The number of hydrogen-bond donors (Lipinski definition) is 1. The molecule has 5 rings (SSSR count). The van der Waals surface area contributed by atoms with Crippen molar-refractivity contribution < 1.29 is 18.3 Å². The Morgan fingerprint density at radius 2 is 1.79 bits per heavy atom. The standard InChI is InChI=1S/C26H29BrN6O4S/c1-4-24(34)37-22-13-18(15-29-26(22)32-11-9-31(3)10-12-32)25-20-14-23(27)28-16-21(20)33(30-25)38(35,36)19-7-5-17(2)6-8-19/h5-8,13-16,24,34H,4,9-12H2,1-3H3. The summed E-state index contributed by atoms with van der Waals surface area (Å²) in [6.07, 6.45) is 2.54. The van der Waals surface area contributed by atoms with Gasteiger partial charge in [-0.25, -0.2) is 9.97 Å². The zero-order chi connectivity index (χ0) is 27.0. The minimum atomic E-state index is -4.00. The van der Waals surface area contributed by atoms with Gasteiger partial charge in [-0.15, -0.1) is 0 Å². The van der Waals surface area contributed by atoms with E-state index in [0.29, 0.717) is 44.8 Å². The lowest BCUT2D eigenvalue weighted by molar-refractivity contribution is -0.0190. The van der Waals surface area contributed by atoms with Gasteiger partial charge in [0.25, 0.3) is 10.0 Å². The number of aliphatic hydroxyl groups excluding tert-OH is 1. The number of pyridine rings is 2. The molecule has 1 N–H and O–H groups in total. The maximum absolute atomic E-state index is 13.6. The first-order valence-corrected chi connectivity index (χ1v) is 14.6. The van der Waals surface area contributed by atoms with Gasteiger partial charge in [-0.2, -0.15) is 17.6 Å². The van der Waals surface area contributed by atoms with Crippen LogP contribution in [0, 0.1) is 6.92 Å². The zero-order valence-corrected chi connectivity index (χ0v) is 23.8. The van der Waals surface area contributed by atoms with E-state index < -0.39 is 16.3 Å². The van der Waals surface area contributed by atoms with Gasteiger partial charge >= 0.3 is 0 Å². The van der Waals surface area contributed by atoms with Crippen molar-refractivity contribution >= 4 is 42.7 Å². The summed E-state index contributed by atoms with van der Waals surface area (Å²) in [5.74, 6) is 1.05.